The Morgan fingerprint density at radius 3 is 2.74 bits per heavy atom. The number of piperidine rings is 1. The van der Waals surface area contributed by atoms with Crippen LogP contribution in [0.4, 0.5) is 5.82 Å². The van der Waals surface area contributed by atoms with Crippen LogP contribution in [0, 0.1) is 11.3 Å². The number of aryl methyl sites for hydroxylation is 2. The molecule has 1 fully saturated rings. The van der Waals surface area contributed by atoms with Crippen molar-refractivity contribution in [2.45, 2.75) is 38.9 Å². The Morgan fingerprint density at radius 1 is 1.32 bits per heavy atom. The number of hydrogen-bond acceptors (Lipinski definition) is 8. The molecular formula is C23H27N7O4. The van der Waals surface area contributed by atoms with Crippen LogP contribution in [0.25, 0.3) is 11.0 Å². The number of rotatable bonds is 5. The van der Waals surface area contributed by atoms with Gasteiger partial charge in [-0.1, -0.05) is 0 Å². The number of aromatic nitrogens is 4. The van der Waals surface area contributed by atoms with Gasteiger partial charge in [-0.05, 0) is 31.9 Å². The summed E-state index contributed by atoms with van der Waals surface area (Å²) in [6.45, 7) is 3.26. The molecule has 1 aliphatic heterocycles. The number of carbonyl (C=O) groups excluding carboxylic acids is 1. The molecule has 0 amide bonds. The Kier molecular flexibility index (Phi) is 6.26. The lowest BCUT2D eigenvalue weighted by Gasteiger charge is -2.33. The quantitative estimate of drug-likeness (QED) is 0.539. The molecule has 0 bridgehead atoms. The Labute approximate surface area is 195 Å². The topological polar surface area (TPSA) is 141 Å². The summed E-state index contributed by atoms with van der Waals surface area (Å²) in [5.41, 5.74) is 6.23. The summed E-state index contributed by atoms with van der Waals surface area (Å²) in [7, 11) is 2.79. The van der Waals surface area contributed by atoms with Crippen LogP contribution < -0.4 is 21.9 Å². The van der Waals surface area contributed by atoms with Crippen molar-refractivity contribution < 1.29 is 9.53 Å². The van der Waals surface area contributed by atoms with Crippen LogP contribution in [0.15, 0.2) is 27.9 Å². The van der Waals surface area contributed by atoms with Crippen LogP contribution in [0.3, 0.4) is 0 Å². The van der Waals surface area contributed by atoms with E-state index >= 15 is 0 Å². The molecule has 0 aliphatic carbocycles. The maximum atomic E-state index is 13.7. The first-order chi connectivity index (χ1) is 16.3. The number of carbonyl (C=O) groups is 1. The zero-order valence-electron chi connectivity index (χ0n) is 19.4. The molecule has 3 aromatic heterocycles. The van der Waals surface area contributed by atoms with E-state index in [1.54, 1.807) is 16.7 Å². The maximum Gasteiger partial charge on any atom is 0.343 e. The molecule has 2 N–H and O–H groups in total. The summed E-state index contributed by atoms with van der Waals surface area (Å²) in [4.78, 5) is 46.2. The number of fused-ring (bicyclic) bond motifs is 1. The zero-order valence-corrected chi connectivity index (χ0v) is 19.4. The number of ether oxygens (including phenoxy) is 1. The van der Waals surface area contributed by atoms with Crippen LogP contribution >= 0.6 is 0 Å². The molecule has 34 heavy (non-hydrogen) atoms. The Morgan fingerprint density at radius 2 is 2.09 bits per heavy atom. The van der Waals surface area contributed by atoms with Crippen molar-refractivity contribution in [3.63, 3.8) is 0 Å². The smallest absolute Gasteiger partial charge is 0.343 e. The van der Waals surface area contributed by atoms with Crippen molar-refractivity contribution in [1.29, 1.82) is 5.26 Å². The van der Waals surface area contributed by atoms with Gasteiger partial charge in [0.15, 0.2) is 0 Å². The molecule has 11 nitrogen and oxygen atoms in total. The standard InChI is InChI=1S/C23H27N7O4/c1-4-29-19-18(17(22(32)34-3)20(29)28-10-6-8-15(25)12-28)27(2)23(33)30(21(19)31)13-16-14(11-24)7-5-9-26-16/h5,7,9,15H,4,6,8,10,12-13,25H2,1-3H3/t15-/m1/s1. The SMILES string of the molecule is CCn1c(N2CCC[C@@H](N)C2)c(C(=O)OC)c2c1c(=O)n(Cc1ncccc1C#N)c(=O)n2C. The summed E-state index contributed by atoms with van der Waals surface area (Å²) < 4.78 is 9.16. The minimum atomic E-state index is -0.630. The highest BCUT2D eigenvalue weighted by Crippen LogP contribution is 2.33. The highest BCUT2D eigenvalue weighted by Gasteiger charge is 2.33. The molecule has 4 heterocycles. The molecule has 0 spiro atoms. The fourth-order valence-corrected chi connectivity index (χ4v) is 4.71. The van der Waals surface area contributed by atoms with Crippen LogP contribution in [0.2, 0.25) is 0 Å². The molecule has 1 saturated heterocycles. The fraction of sp³-hybridized carbons (Fsp3) is 0.435. The maximum absolute atomic E-state index is 13.7. The predicted octanol–water partition coefficient (Wildman–Crippen LogP) is 0.551. The largest absolute Gasteiger partial charge is 0.465 e. The van der Waals surface area contributed by atoms with Crippen LogP contribution in [-0.4, -0.2) is 50.9 Å². The highest BCUT2D eigenvalue weighted by atomic mass is 16.5. The molecule has 0 unspecified atom stereocenters. The first-order valence-corrected chi connectivity index (χ1v) is 11.1. The number of pyridine rings is 1. The van der Waals surface area contributed by atoms with Crippen molar-refractivity contribution in [3.8, 4) is 6.07 Å². The van der Waals surface area contributed by atoms with E-state index in [2.05, 4.69) is 4.98 Å². The summed E-state index contributed by atoms with van der Waals surface area (Å²) in [5.74, 6) is -0.102. The first-order valence-electron chi connectivity index (χ1n) is 11.1. The monoisotopic (exact) mass is 465 g/mol. The second kappa shape index (κ2) is 9.15. The molecule has 0 aromatic carbocycles. The second-order valence-corrected chi connectivity index (χ2v) is 8.32. The van der Waals surface area contributed by atoms with E-state index in [0.717, 1.165) is 17.4 Å². The van der Waals surface area contributed by atoms with Gasteiger partial charge in [0.1, 0.15) is 23.0 Å². The molecule has 0 radical (unpaired) electrons. The van der Waals surface area contributed by atoms with Gasteiger partial charge < -0.3 is 19.9 Å². The van der Waals surface area contributed by atoms with Gasteiger partial charge in [0, 0.05) is 38.9 Å². The number of hydrogen-bond donors (Lipinski definition) is 1. The van der Waals surface area contributed by atoms with Crippen LogP contribution in [-0.2, 0) is 24.9 Å². The number of anilines is 1. The molecule has 0 saturated carbocycles. The third kappa shape index (κ3) is 3.66. The van der Waals surface area contributed by atoms with Crippen molar-refractivity contribution in [2.75, 3.05) is 25.1 Å². The molecule has 1 atom stereocenters. The normalized spacial score (nSPS) is 16.0. The first kappa shape index (κ1) is 23.3. The third-order valence-corrected chi connectivity index (χ3v) is 6.29. The fourth-order valence-electron chi connectivity index (χ4n) is 4.71. The van der Waals surface area contributed by atoms with Crippen molar-refractivity contribution in [2.24, 2.45) is 12.8 Å². The summed E-state index contributed by atoms with van der Waals surface area (Å²) in [5, 5.41) is 9.41. The van der Waals surface area contributed by atoms with E-state index in [-0.39, 0.29) is 34.7 Å². The van der Waals surface area contributed by atoms with Crippen molar-refractivity contribution in [3.05, 3.63) is 56.0 Å². The third-order valence-electron chi connectivity index (χ3n) is 6.29. The minimum absolute atomic E-state index is 0.0726. The lowest BCUT2D eigenvalue weighted by molar-refractivity contribution is 0.0603. The minimum Gasteiger partial charge on any atom is -0.465 e. The van der Waals surface area contributed by atoms with Crippen molar-refractivity contribution >= 4 is 22.8 Å². The molecular weight excluding hydrogens is 438 g/mol. The molecule has 178 valence electrons. The van der Waals surface area contributed by atoms with E-state index in [1.807, 2.05) is 17.9 Å². The molecule has 3 aromatic rings. The van der Waals surface area contributed by atoms with Gasteiger partial charge in [-0.3, -0.25) is 18.9 Å². The average Bonchev–Trinajstić information content (AvgIpc) is 3.20. The van der Waals surface area contributed by atoms with Gasteiger partial charge in [-0.25, -0.2) is 9.59 Å². The number of esters is 1. The van der Waals surface area contributed by atoms with Crippen LogP contribution in [0.1, 0.15) is 41.4 Å². The second-order valence-electron chi connectivity index (χ2n) is 8.32. The summed E-state index contributed by atoms with van der Waals surface area (Å²) in [6.07, 6.45) is 3.21. The molecule has 11 heteroatoms. The molecule has 1 aliphatic rings. The van der Waals surface area contributed by atoms with Crippen LogP contribution in [0.5, 0.6) is 0 Å². The van der Waals surface area contributed by atoms with Gasteiger partial charge in [0.2, 0.25) is 0 Å². The lowest BCUT2D eigenvalue weighted by Crippen LogP contribution is -2.44. The Hall–Kier alpha value is -3.91. The van der Waals surface area contributed by atoms with E-state index < -0.39 is 17.2 Å². The predicted molar refractivity (Wildman–Crippen MR) is 126 cm³/mol. The van der Waals surface area contributed by atoms with Gasteiger partial charge in [-0.15, -0.1) is 0 Å². The number of methoxy groups -OCH3 is 1. The lowest BCUT2D eigenvalue weighted by atomic mass is 10.1. The van der Waals surface area contributed by atoms with Gasteiger partial charge in [-0.2, -0.15) is 5.26 Å². The van der Waals surface area contributed by atoms with E-state index in [1.165, 1.54) is 24.9 Å². The van der Waals surface area contributed by atoms with E-state index in [0.29, 0.717) is 31.1 Å². The van der Waals surface area contributed by atoms with E-state index in [9.17, 15) is 19.6 Å². The Bertz CT molecular complexity index is 1430. The summed E-state index contributed by atoms with van der Waals surface area (Å²) in [6, 6.07) is 5.17. The Balaban J connectivity index is 2.06. The van der Waals surface area contributed by atoms with Gasteiger partial charge in [0.05, 0.1) is 30.4 Å². The molecule has 4 rings (SSSR count). The van der Waals surface area contributed by atoms with Gasteiger partial charge in [0.25, 0.3) is 5.56 Å². The number of nitrogens with zero attached hydrogens (tertiary/aromatic N) is 6. The number of nitriles is 1. The zero-order chi connectivity index (χ0) is 24.6. The highest BCUT2D eigenvalue weighted by molar-refractivity contribution is 6.08. The van der Waals surface area contributed by atoms with Gasteiger partial charge >= 0.3 is 11.7 Å². The number of nitrogens with two attached hydrogens (primary N) is 1. The van der Waals surface area contributed by atoms with E-state index in [4.69, 9.17) is 10.5 Å². The average molecular weight is 466 g/mol. The summed E-state index contributed by atoms with van der Waals surface area (Å²) >= 11 is 0. The van der Waals surface area contributed by atoms with Crippen molar-refractivity contribution in [1.82, 2.24) is 18.7 Å².